The maximum atomic E-state index is 11.4. The molecular weight excluding hydrogens is 184 g/mol. The zero-order chi connectivity index (χ0) is 10.1. The number of H-pyrrole nitrogens is 1. The molecule has 0 spiro atoms. The van der Waals surface area contributed by atoms with Gasteiger partial charge in [0, 0.05) is 12.1 Å². The summed E-state index contributed by atoms with van der Waals surface area (Å²) in [6.45, 7) is 0. The summed E-state index contributed by atoms with van der Waals surface area (Å²) >= 11 is 0. The second-order valence-corrected chi connectivity index (χ2v) is 3.28. The minimum atomic E-state index is -0.647. The maximum absolute atomic E-state index is 11.4. The van der Waals surface area contributed by atoms with Crippen LogP contribution in [-0.2, 0) is 0 Å². The highest BCUT2D eigenvalue weighted by molar-refractivity contribution is 5.97. The molecule has 1 aromatic heterocycles. The van der Waals surface area contributed by atoms with Gasteiger partial charge in [-0.2, -0.15) is 5.10 Å². The molecule has 0 unspecified atom stereocenters. The third kappa shape index (κ3) is 1.73. The molecule has 1 saturated carbocycles. The molecule has 6 heteroatoms. The Labute approximate surface area is 79.9 Å². The van der Waals surface area contributed by atoms with Gasteiger partial charge in [-0.3, -0.25) is 14.7 Å². The first-order chi connectivity index (χ1) is 6.66. The number of hydrogen-bond acceptors (Lipinski definition) is 3. The Morgan fingerprint density at radius 2 is 2.29 bits per heavy atom. The fraction of sp³-hybridized carbons (Fsp3) is 0.375. The third-order valence-corrected chi connectivity index (χ3v) is 1.99. The Morgan fingerprint density at radius 3 is 2.79 bits per heavy atom. The standard InChI is InChI=1S/C8H10N4O2/c9-7(13)5-3-6(12-11-5)8(14)10-4-1-2-4/h3-4H,1-2H2,(H2,9,13)(H,10,14)(H,11,12). The molecule has 74 valence electrons. The van der Waals surface area contributed by atoms with Crippen molar-refractivity contribution in [2.24, 2.45) is 5.73 Å². The number of aromatic amines is 1. The van der Waals surface area contributed by atoms with Crippen molar-refractivity contribution >= 4 is 11.8 Å². The van der Waals surface area contributed by atoms with Crippen LogP contribution in [0.5, 0.6) is 0 Å². The van der Waals surface area contributed by atoms with E-state index in [4.69, 9.17) is 5.73 Å². The Bertz CT molecular complexity index is 380. The van der Waals surface area contributed by atoms with Gasteiger partial charge < -0.3 is 11.1 Å². The fourth-order valence-electron chi connectivity index (χ4n) is 1.06. The van der Waals surface area contributed by atoms with Gasteiger partial charge >= 0.3 is 0 Å². The molecule has 1 fully saturated rings. The van der Waals surface area contributed by atoms with Crippen molar-refractivity contribution in [3.63, 3.8) is 0 Å². The van der Waals surface area contributed by atoms with Crippen molar-refractivity contribution in [3.05, 3.63) is 17.5 Å². The molecule has 14 heavy (non-hydrogen) atoms. The van der Waals surface area contributed by atoms with Crippen LogP contribution >= 0.6 is 0 Å². The lowest BCUT2D eigenvalue weighted by Crippen LogP contribution is -2.25. The number of nitrogens with one attached hydrogen (secondary N) is 2. The van der Waals surface area contributed by atoms with Gasteiger partial charge in [-0.25, -0.2) is 0 Å². The predicted octanol–water partition coefficient (Wildman–Crippen LogP) is -0.599. The normalized spacial score (nSPS) is 15.1. The van der Waals surface area contributed by atoms with Gasteiger partial charge in [-0.1, -0.05) is 0 Å². The van der Waals surface area contributed by atoms with Crippen LogP contribution in [0.4, 0.5) is 0 Å². The van der Waals surface area contributed by atoms with Gasteiger partial charge in [0.1, 0.15) is 5.69 Å². The maximum Gasteiger partial charge on any atom is 0.269 e. The van der Waals surface area contributed by atoms with Crippen LogP contribution in [0.3, 0.4) is 0 Å². The number of hydrogen-bond donors (Lipinski definition) is 3. The first kappa shape index (κ1) is 8.74. The highest BCUT2D eigenvalue weighted by Gasteiger charge is 2.24. The van der Waals surface area contributed by atoms with E-state index in [1.54, 1.807) is 0 Å². The number of nitrogens with zero attached hydrogens (tertiary/aromatic N) is 1. The van der Waals surface area contributed by atoms with Crippen molar-refractivity contribution < 1.29 is 9.59 Å². The van der Waals surface area contributed by atoms with Crippen LogP contribution in [0, 0.1) is 0 Å². The van der Waals surface area contributed by atoms with E-state index in [0.29, 0.717) is 0 Å². The van der Waals surface area contributed by atoms with E-state index in [-0.39, 0.29) is 23.3 Å². The molecular formula is C8H10N4O2. The molecule has 1 aliphatic carbocycles. The van der Waals surface area contributed by atoms with Crippen molar-refractivity contribution in [3.8, 4) is 0 Å². The lowest BCUT2D eigenvalue weighted by atomic mass is 10.3. The SMILES string of the molecule is NC(=O)c1cc(C(=O)NC2CC2)[nH]n1. The number of nitrogens with two attached hydrogens (primary N) is 1. The number of aromatic nitrogens is 2. The third-order valence-electron chi connectivity index (χ3n) is 1.99. The van der Waals surface area contributed by atoms with Crippen LogP contribution in [-0.4, -0.2) is 28.1 Å². The molecule has 0 bridgehead atoms. The summed E-state index contributed by atoms with van der Waals surface area (Å²) in [5.41, 5.74) is 5.33. The van der Waals surface area contributed by atoms with Gasteiger partial charge in [0.15, 0.2) is 5.69 Å². The van der Waals surface area contributed by atoms with Crippen LogP contribution in [0.15, 0.2) is 6.07 Å². The van der Waals surface area contributed by atoms with Crippen molar-refractivity contribution in [1.29, 1.82) is 0 Å². The highest BCUT2D eigenvalue weighted by Crippen LogP contribution is 2.19. The first-order valence-electron chi connectivity index (χ1n) is 4.33. The number of carbonyl (C=O) groups is 2. The minimum absolute atomic E-state index is 0.0750. The lowest BCUT2D eigenvalue weighted by molar-refractivity contribution is 0.0945. The molecule has 2 amide bonds. The summed E-state index contributed by atoms with van der Waals surface area (Å²) in [5, 5.41) is 8.82. The second-order valence-electron chi connectivity index (χ2n) is 3.28. The van der Waals surface area contributed by atoms with E-state index in [1.165, 1.54) is 6.07 Å². The van der Waals surface area contributed by atoms with E-state index in [9.17, 15) is 9.59 Å². The van der Waals surface area contributed by atoms with Crippen LogP contribution in [0.1, 0.15) is 33.8 Å². The molecule has 1 aliphatic rings. The van der Waals surface area contributed by atoms with Crippen molar-refractivity contribution in [2.45, 2.75) is 18.9 Å². The Hall–Kier alpha value is -1.85. The Morgan fingerprint density at radius 1 is 1.57 bits per heavy atom. The fourth-order valence-corrected chi connectivity index (χ4v) is 1.06. The molecule has 4 N–H and O–H groups in total. The van der Waals surface area contributed by atoms with Gasteiger partial charge in [-0.15, -0.1) is 0 Å². The van der Waals surface area contributed by atoms with Crippen LogP contribution in [0.2, 0.25) is 0 Å². The second kappa shape index (κ2) is 3.13. The number of rotatable bonds is 3. The van der Waals surface area contributed by atoms with E-state index < -0.39 is 5.91 Å². The first-order valence-corrected chi connectivity index (χ1v) is 4.33. The van der Waals surface area contributed by atoms with Crippen molar-refractivity contribution in [2.75, 3.05) is 0 Å². The molecule has 2 rings (SSSR count). The van der Waals surface area contributed by atoms with Gasteiger partial charge in [-0.05, 0) is 12.8 Å². The summed E-state index contributed by atoms with van der Waals surface area (Å²) in [7, 11) is 0. The largest absolute Gasteiger partial charge is 0.364 e. The summed E-state index contributed by atoms with van der Waals surface area (Å²) in [4.78, 5) is 22.1. The highest BCUT2D eigenvalue weighted by atomic mass is 16.2. The summed E-state index contributed by atoms with van der Waals surface area (Å²) in [6, 6.07) is 1.63. The molecule has 0 atom stereocenters. The number of primary amides is 1. The molecule has 0 saturated heterocycles. The van der Waals surface area contributed by atoms with Crippen molar-refractivity contribution in [1.82, 2.24) is 15.5 Å². The minimum Gasteiger partial charge on any atom is -0.364 e. The molecule has 6 nitrogen and oxygen atoms in total. The number of carbonyl (C=O) groups excluding carboxylic acids is 2. The molecule has 1 heterocycles. The van der Waals surface area contributed by atoms with Crippen LogP contribution in [0.25, 0.3) is 0 Å². The predicted molar refractivity (Wildman–Crippen MR) is 47.6 cm³/mol. The monoisotopic (exact) mass is 194 g/mol. The molecule has 0 aliphatic heterocycles. The molecule has 1 aromatic rings. The van der Waals surface area contributed by atoms with Crippen LogP contribution < -0.4 is 11.1 Å². The number of amides is 2. The quantitative estimate of drug-likeness (QED) is 0.598. The van der Waals surface area contributed by atoms with E-state index >= 15 is 0 Å². The average Bonchev–Trinajstić information content (AvgIpc) is 2.81. The Balaban J connectivity index is 2.07. The van der Waals surface area contributed by atoms with Gasteiger partial charge in [0.25, 0.3) is 11.8 Å². The van der Waals surface area contributed by atoms with E-state index in [2.05, 4.69) is 15.5 Å². The van der Waals surface area contributed by atoms with E-state index in [0.717, 1.165) is 12.8 Å². The van der Waals surface area contributed by atoms with Gasteiger partial charge in [0.2, 0.25) is 0 Å². The molecule has 0 radical (unpaired) electrons. The average molecular weight is 194 g/mol. The lowest BCUT2D eigenvalue weighted by Gasteiger charge is -1.97. The summed E-state index contributed by atoms with van der Waals surface area (Å²) < 4.78 is 0. The summed E-state index contributed by atoms with van der Waals surface area (Å²) in [6.07, 6.45) is 2.03. The Kier molecular flexibility index (Phi) is 1.95. The summed E-state index contributed by atoms with van der Waals surface area (Å²) in [5.74, 6) is -0.890. The smallest absolute Gasteiger partial charge is 0.269 e. The zero-order valence-electron chi connectivity index (χ0n) is 7.41. The zero-order valence-corrected chi connectivity index (χ0v) is 7.41. The topological polar surface area (TPSA) is 101 Å². The van der Waals surface area contributed by atoms with Gasteiger partial charge in [0.05, 0.1) is 0 Å². The molecule has 0 aromatic carbocycles. The van der Waals surface area contributed by atoms with E-state index in [1.807, 2.05) is 0 Å².